The molecule has 0 saturated heterocycles. The Kier molecular flexibility index (Phi) is 7.57. The first-order valence-corrected chi connectivity index (χ1v) is 10.5. The first-order valence-electron chi connectivity index (χ1n) is 9.77. The Balaban J connectivity index is 2.04. The van der Waals surface area contributed by atoms with E-state index in [1.54, 1.807) is 26.3 Å². The minimum absolute atomic E-state index is 0.0682. The molecule has 2 aromatic rings. The molecule has 3 atom stereocenters. The highest BCUT2D eigenvalue weighted by Crippen LogP contribution is 2.58. The fraction of sp³-hybridized carbons (Fsp3) is 0.304. The molecule has 31 heavy (non-hydrogen) atoms. The summed E-state index contributed by atoms with van der Waals surface area (Å²) in [6.07, 6.45) is 1.96. The molecule has 1 aliphatic rings. The van der Waals surface area contributed by atoms with Gasteiger partial charge in [0.25, 0.3) is 5.91 Å². The van der Waals surface area contributed by atoms with E-state index in [1.807, 2.05) is 36.4 Å². The third-order valence-corrected chi connectivity index (χ3v) is 5.79. The Morgan fingerprint density at radius 2 is 1.90 bits per heavy atom. The van der Waals surface area contributed by atoms with Crippen LogP contribution in [0.1, 0.15) is 42.1 Å². The number of rotatable bonds is 8. The Morgan fingerprint density at radius 3 is 2.52 bits per heavy atom. The quantitative estimate of drug-likeness (QED) is 0.387. The molecule has 0 heterocycles. The highest BCUT2D eigenvalue weighted by molar-refractivity contribution is 6.45. The Labute approximate surface area is 192 Å². The first-order chi connectivity index (χ1) is 14.9. The zero-order chi connectivity index (χ0) is 22.5. The van der Waals surface area contributed by atoms with E-state index in [0.717, 1.165) is 17.5 Å². The summed E-state index contributed by atoms with van der Waals surface area (Å²) in [4.78, 5) is 24.8. The van der Waals surface area contributed by atoms with Gasteiger partial charge in [0.1, 0.15) is 7.11 Å². The lowest BCUT2D eigenvalue weighted by atomic mass is 9.94. The molecular weight excluding hydrogens is 437 g/mol. The first kappa shape index (κ1) is 23.1. The second kappa shape index (κ2) is 10.2. The largest absolute Gasteiger partial charge is 0.398 e. The van der Waals surface area contributed by atoms with Crippen molar-refractivity contribution in [1.29, 1.82) is 0 Å². The van der Waals surface area contributed by atoms with Crippen LogP contribution in [0.25, 0.3) is 0 Å². The number of nitrogens with zero attached hydrogens (tertiary/aromatic N) is 3. The standard InChI is InChI=1S/C23H24Cl2N3O3/c1-5-26-31-22(17-13-16(17)20-18(24)11-8-12-19(20)25)15-10-7-6-9-14(15)21(27-30-4)23(29)28(2)3/h5-12,16-17,22H,2,13H2,1,3-4H3/b26-5+,27-21?. The van der Waals surface area contributed by atoms with Crippen molar-refractivity contribution in [3.8, 4) is 0 Å². The fourth-order valence-electron chi connectivity index (χ4n) is 3.67. The lowest BCUT2D eigenvalue weighted by molar-refractivity contribution is -0.121. The predicted molar refractivity (Wildman–Crippen MR) is 123 cm³/mol. The lowest BCUT2D eigenvalue weighted by Crippen LogP contribution is -2.30. The number of likely N-dealkylation sites (N-methyl/N-ethyl adjacent to an activating group) is 1. The second-order valence-corrected chi connectivity index (χ2v) is 8.06. The molecule has 163 valence electrons. The number of amides is 1. The van der Waals surface area contributed by atoms with E-state index in [4.69, 9.17) is 32.9 Å². The van der Waals surface area contributed by atoms with Gasteiger partial charge in [-0.15, -0.1) is 0 Å². The van der Waals surface area contributed by atoms with Crippen LogP contribution in [0, 0.1) is 13.0 Å². The molecule has 1 saturated carbocycles. The third-order valence-electron chi connectivity index (χ3n) is 5.13. The number of halogens is 2. The summed E-state index contributed by atoms with van der Waals surface area (Å²) in [7, 11) is 6.62. The van der Waals surface area contributed by atoms with E-state index in [2.05, 4.69) is 17.4 Å². The van der Waals surface area contributed by atoms with Crippen molar-refractivity contribution >= 4 is 41.0 Å². The highest BCUT2D eigenvalue weighted by Gasteiger charge is 2.48. The van der Waals surface area contributed by atoms with Gasteiger partial charge < -0.3 is 14.6 Å². The molecule has 6 nitrogen and oxygen atoms in total. The van der Waals surface area contributed by atoms with Crippen molar-refractivity contribution in [3.05, 3.63) is 76.2 Å². The van der Waals surface area contributed by atoms with Gasteiger partial charge in [0.2, 0.25) is 0 Å². The molecule has 1 aliphatic carbocycles. The molecule has 0 bridgehead atoms. The zero-order valence-corrected chi connectivity index (χ0v) is 19.1. The van der Waals surface area contributed by atoms with Gasteiger partial charge in [-0.3, -0.25) is 4.79 Å². The molecule has 3 unspecified atom stereocenters. The summed E-state index contributed by atoms with van der Waals surface area (Å²) in [5.74, 6) is -0.201. The molecule has 0 aromatic heterocycles. The average molecular weight is 461 g/mol. The molecular formula is C23H24Cl2N3O3. The maximum absolute atomic E-state index is 12.7. The highest BCUT2D eigenvalue weighted by atomic mass is 35.5. The average Bonchev–Trinajstić information content (AvgIpc) is 3.52. The van der Waals surface area contributed by atoms with Gasteiger partial charge in [-0.1, -0.05) is 63.8 Å². The van der Waals surface area contributed by atoms with E-state index < -0.39 is 6.10 Å². The van der Waals surface area contributed by atoms with Gasteiger partial charge in [0, 0.05) is 47.4 Å². The van der Waals surface area contributed by atoms with Crippen molar-refractivity contribution in [2.45, 2.75) is 25.4 Å². The normalized spacial score (nSPS) is 19.2. The predicted octanol–water partition coefficient (Wildman–Crippen LogP) is 5.46. The molecule has 2 aromatic carbocycles. The van der Waals surface area contributed by atoms with Crippen molar-refractivity contribution < 1.29 is 14.5 Å². The van der Waals surface area contributed by atoms with Crippen molar-refractivity contribution in [2.24, 2.45) is 16.2 Å². The van der Waals surface area contributed by atoms with Crippen LogP contribution in [-0.2, 0) is 14.5 Å². The fourth-order valence-corrected chi connectivity index (χ4v) is 4.35. The van der Waals surface area contributed by atoms with Gasteiger partial charge in [-0.2, -0.15) is 0 Å². The van der Waals surface area contributed by atoms with Gasteiger partial charge >= 0.3 is 0 Å². The van der Waals surface area contributed by atoms with Gasteiger partial charge in [-0.05, 0) is 37.0 Å². The number of hydrogen-bond donors (Lipinski definition) is 0. The minimum atomic E-state index is -0.435. The van der Waals surface area contributed by atoms with Gasteiger partial charge in [-0.25, -0.2) is 0 Å². The summed E-state index contributed by atoms with van der Waals surface area (Å²) >= 11 is 12.9. The summed E-state index contributed by atoms with van der Waals surface area (Å²) in [6, 6.07) is 12.9. The van der Waals surface area contributed by atoms with Crippen LogP contribution in [0.15, 0.2) is 52.8 Å². The maximum Gasteiger partial charge on any atom is 0.276 e. The maximum atomic E-state index is 12.7. The van der Waals surface area contributed by atoms with Crippen molar-refractivity contribution in [1.82, 2.24) is 4.90 Å². The molecule has 0 aliphatic heterocycles. The molecule has 0 spiro atoms. The summed E-state index contributed by atoms with van der Waals surface area (Å²) in [5, 5.41) is 9.27. The molecule has 1 amide bonds. The minimum Gasteiger partial charge on any atom is -0.398 e. The SMILES string of the molecule is [CH2]N(C)C(=O)C(=NOC)c1ccccc1C(O/N=C/C)C1CC1c1c(Cl)cccc1Cl. The van der Waals surface area contributed by atoms with E-state index in [0.29, 0.717) is 15.6 Å². The van der Waals surface area contributed by atoms with Crippen LogP contribution >= 0.6 is 23.2 Å². The molecule has 1 fully saturated rings. The Morgan fingerprint density at radius 1 is 1.23 bits per heavy atom. The van der Waals surface area contributed by atoms with Crippen molar-refractivity contribution in [3.63, 3.8) is 0 Å². The van der Waals surface area contributed by atoms with Crippen LogP contribution in [-0.4, -0.2) is 36.9 Å². The lowest BCUT2D eigenvalue weighted by Gasteiger charge is -2.21. The number of carbonyl (C=O) groups excluding carboxylic acids is 1. The van der Waals surface area contributed by atoms with E-state index in [-0.39, 0.29) is 23.5 Å². The monoisotopic (exact) mass is 460 g/mol. The Bertz CT molecular complexity index is 987. The van der Waals surface area contributed by atoms with Crippen molar-refractivity contribution in [2.75, 3.05) is 14.2 Å². The van der Waals surface area contributed by atoms with Crippen LogP contribution in [0.2, 0.25) is 10.0 Å². The summed E-state index contributed by atoms with van der Waals surface area (Å²) in [6.45, 7) is 1.78. The third kappa shape index (κ3) is 5.02. The molecule has 0 N–H and O–H groups in total. The van der Waals surface area contributed by atoms with Gasteiger partial charge in [0.05, 0.1) is 0 Å². The number of benzene rings is 2. The number of hydrogen-bond acceptors (Lipinski definition) is 5. The Hall–Kier alpha value is -2.57. The van der Waals surface area contributed by atoms with Crippen LogP contribution < -0.4 is 0 Å². The van der Waals surface area contributed by atoms with Crippen LogP contribution in [0.3, 0.4) is 0 Å². The van der Waals surface area contributed by atoms with Crippen LogP contribution in [0.4, 0.5) is 0 Å². The van der Waals surface area contributed by atoms with Gasteiger partial charge in [0.15, 0.2) is 11.8 Å². The summed E-state index contributed by atoms with van der Waals surface area (Å²) in [5.41, 5.74) is 2.41. The summed E-state index contributed by atoms with van der Waals surface area (Å²) < 4.78 is 0. The molecule has 3 rings (SSSR count). The number of carbonyl (C=O) groups is 1. The molecule has 1 radical (unpaired) electrons. The smallest absolute Gasteiger partial charge is 0.276 e. The second-order valence-electron chi connectivity index (χ2n) is 7.24. The topological polar surface area (TPSA) is 63.5 Å². The molecule has 8 heteroatoms. The zero-order valence-electron chi connectivity index (χ0n) is 17.6. The van der Waals surface area contributed by atoms with Crippen LogP contribution in [0.5, 0.6) is 0 Å². The number of oxime groups is 2. The van der Waals surface area contributed by atoms with E-state index in [1.165, 1.54) is 12.0 Å². The van der Waals surface area contributed by atoms with E-state index in [9.17, 15) is 4.79 Å². The van der Waals surface area contributed by atoms with E-state index >= 15 is 0 Å².